The standard InChI is InChI=1S/C12H11OS/c1-9-3-8-12(14-9)10-4-6-11(13-2)7-5-10/h3-8H,1H2,2H3. The van der Waals surface area contributed by atoms with Crippen LogP contribution in [0.25, 0.3) is 10.4 Å². The highest BCUT2D eigenvalue weighted by molar-refractivity contribution is 7.15. The molecular formula is C12H11OS. The van der Waals surface area contributed by atoms with Crippen LogP contribution in [0.4, 0.5) is 0 Å². The van der Waals surface area contributed by atoms with E-state index in [2.05, 4.69) is 25.1 Å². The molecule has 14 heavy (non-hydrogen) atoms. The van der Waals surface area contributed by atoms with Crippen molar-refractivity contribution in [2.45, 2.75) is 0 Å². The van der Waals surface area contributed by atoms with Gasteiger partial charge in [-0.2, -0.15) is 0 Å². The molecule has 0 unspecified atom stereocenters. The molecule has 1 heterocycles. The first-order valence-electron chi connectivity index (χ1n) is 4.36. The molecule has 2 aromatic rings. The largest absolute Gasteiger partial charge is 0.497 e. The van der Waals surface area contributed by atoms with Crippen LogP contribution in [0.15, 0.2) is 36.4 Å². The van der Waals surface area contributed by atoms with Gasteiger partial charge < -0.3 is 4.74 Å². The fourth-order valence-electron chi connectivity index (χ4n) is 1.29. The fraction of sp³-hybridized carbons (Fsp3) is 0.0833. The number of rotatable bonds is 2. The van der Waals surface area contributed by atoms with Gasteiger partial charge in [0.15, 0.2) is 0 Å². The molecule has 0 aliphatic carbocycles. The Morgan fingerprint density at radius 3 is 2.29 bits per heavy atom. The van der Waals surface area contributed by atoms with E-state index in [4.69, 9.17) is 4.74 Å². The van der Waals surface area contributed by atoms with Crippen LogP contribution in [0, 0.1) is 6.92 Å². The van der Waals surface area contributed by atoms with Crippen LogP contribution in [-0.2, 0) is 0 Å². The molecule has 71 valence electrons. The molecule has 1 nitrogen and oxygen atoms in total. The van der Waals surface area contributed by atoms with Crippen LogP contribution in [0.1, 0.15) is 4.88 Å². The molecule has 0 bridgehead atoms. The second kappa shape index (κ2) is 3.84. The summed E-state index contributed by atoms with van der Waals surface area (Å²) in [5.74, 6) is 0.889. The SMILES string of the molecule is [CH2]c1ccc(-c2ccc(OC)cc2)s1. The summed E-state index contributed by atoms with van der Waals surface area (Å²) < 4.78 is 5.10. The maximum atomic E-state index is 5.10. The van der Waals surface area contributed by atoms with Crippen LogP contribution in [0.5, 0.6) is 5.75 Å². The second-order valence-electron chi connectivity index (χ2n) is 2.99. The average molecular weight is 203 g/mol. The Bertz CT molecular complexity index is 414. The molecule has 1 aromatic carbocycles. The van der Waals surface area contributed by atoms with Crippen molar-refractivity contribution in [1.82, 2.24) is 0 Å². The Morgan fingerprint density at radius 1 is 1.07 bits per heavy atom. The lowest BCUT2D eigenvalue weighted by molar-refractivity contribution is 0.415. The summed E-state index contributed by atoms with van der Waals surface area (Å²) in [6.45, 7) is 3.89. The summed E-state index contributed by atoms with van der Waals surface area (Å²) in [6, 6.07) is 12.2. The zero-order valence-electron chi connectivity index (χ0n) is 7.99. The topological polar surface area (TPSA) is 9.23 Å². The van der Waals surface area contributed by atoms with Crippen molar-refractivity contribution in [2.75, 3.05) is 7.11 Å². The second-order valence-corrected chi connectivity index (χ2v) is 4.16. The van der Waals surface area contributed by atoms with Crippen molar-refractivity contribution >= 4 is 11.3 Å². The minimum atomic E-state index is 0.889. The van der Waals surface area contributed by atoms with E-state index < -0.39 is 0 Å². The van der Waals surface area contributed by atoms with Crippen LogP contribution in [0.2, 0.25) is 0 Å². The van der Waals surface area contributed by atoms with Gasteiger partial charge in [-0.05, 0) is 48.9 Å². The molecule has 0 saturated heterocycles. The summed E-state index contributed by atoms with van der Waals surface area (Å²) in [7, 11) is 1.67. The lowest BCUT2D eigenvalue weighted by Crippen LogP contribution is -1.81. The van der Waals surface area contributed by atoms with Crippen LogP contribution < -0.4 is 4.74 Å². The van der Waals surface area contributed by atoms with Crippen LogP contribution in [0.3, 0.4) is 0 Å². The molecule has 0 atom stereocenters. The van der Waals surface area contributed by atoms with Crippen LogP contribution in [-0.4, -0.2) is 7.11 Å². The zero-order chi connectivity index (χ0) is 9.97. The van der Waals surface area contributed by atoms with Gasteiger partial charge in [-0.25, -0.2) is 0 Å². The Kier molecular flexibility index (Phi) is 2.55. The predicted molar refractivity (Wildman–Crippen MR) is 60.8 cm³/mol. The molecule has 2 heteroatoms. The fourth-order valence-corrected chi connectivity index (χ4v) is 2.10. The Hall–Kier alpha value is -1.28. The van der Waals surface area contributed by atoms with E-state index in [1.165, 1.54) is 10.4 Å². The van der Waals surface area contributed by atoms with Crippen LogP contribution >= 0.6 is 11.3 Å². The van der Waals surface area contributed by atoms with E-state index in [1.54, 1.807) is 18.4 Å². The third kappa shape index (κ3) is 1.80. The summed E-state index contributed by atoms with van der Waals surface area (Å²) in [5.41, 5.74) is 1.21. The van der Waals surface area contributed by atoms with Crippen molar-refractivity contribution in [3.63, 3.8) is 0 Å². The van der Waals surface area contributed by atoms with Gasteiger partial charge in [0, 0.05) is 9.75 Å². The van der Waals surface area contributed by atoms with Gasteiger partial charge in [0.05, 0.1) is 7.11 Å². The average Bonchev–Trinajstić information content (AvgIpc) is 2.65. The van der Waals surface area contributed by atoms with Gasteiger partial charge in [-0.3, -0.25) is 0 Å². The van der Waals surface area contributed by atoms with Gasteiger partial charge in [-0.1, -0.05) is 0 Å². The number of thiophene rings is 1. The number of methoxy groups -OCH3 is 1. The summed E-state index contributed by atoms with van der Waals surface area (Å²) in [6.07, 6.45) is 0. The molecule has 0 amide bonds. The highest BCUT2D eigenvalue weighted by atomic mass is 32.1. The molecule has 0 fully saturated rings. The predicted octanol–water partition coefficient (Wildman–Crippen LogP) is 3.61. The molecule has 0 N–H and O–H groups in total. The highest BCUT2D eigenvalue weighted by Crippen LogP contribution is 2.28. The van der Waals surface area contributed by atoms with E-state index in [1.807, 2.05) is 18.2 Å². The van der Waals surface area contributed by atoms with Crippen molar-refractivity contribution in [3.8, 4) is 16.2 Å². The molecular weight excluding hydrogens is 192 g/mol. The molecule has 1 radical (unpaired) electrons. The smallest absolute Gasteiger partial charge is 0.118 e. The number of benzene rings is 1. The maximum Gasteiger partial charge on any atom is 0.118 e. The van der Waals surface area contributed by atoms with Crippen molar-refractivity contribution in [1.29, 1.82) is 0 Å². The van der Waals surface area contributed by atoms with E-state index in [-0.39, 0.29) is 0 Å². The molecule has 1 aromatic heterocycles. The van der Waals surface area contributed by atoms with Gasteiger partial charge in [-0.15, -0.1) is 11.3 Å². The first kappa shape index (κ1) is 9.28. The van der Waals surface area contributed by atoms with Crippen molar-refractivity contribution in [2.24, 2.45) is 0 Å². The molecule has 2 rings (SSSR count). The van der Waals surface area contributed by atoms with E-state index in [9.17, 15) is 0 Å². The van der Waals surface area contributed by atoms with Gasteiger partial charge in [0.25, 0.3) is 0 Å². The van der Waals surface area contributed by atoms with E-state index in [0.29, 0.717) is 0 Å². The third-order valence-corrected chi connectivity index (χ3v) is 3.03. The molecule has 0 spiro atoms. The third-order valence-electron chi connectivity index (χ3n) is 2.04. The van der Waals surface area contributed by atoms with Crippen molar-refractivity contribution < 1.29 is 4.74 Å². The quantitative estimate of drug-likeness (QED) is 0.724. The Labute approximate surface area is 88.0 Å². The minimum absolute atomic E-state index is 0.889. The monoisotopic (exact) mass is 203 g/mol. The number of hydrogen-bond acceptors (Lipinski definition) is 2. The summed E-state index contributed by atoms with van der Waals surface area (Å²) >= 11 is 1.70. The first-order valence-corrected chi connectivity index (χ1v) is 5.17. The minimum Gasteiger partial charge on any atom is -0.497 e. The van der Waals surface area contributed by atoms with E-state index in [0.717, 1.165) is 10.6 Å². The van der Waals surface area contributed by atoms with Gasteiger partial charge in [0.1, 0.15) is 5.75 Å². The summed E-state index contributed by atoms with van der Waals surface area (Å²) in [5, 5.41) is 0. The Balaban J connectivity index is 2.33. The lowest BCUT2D eigenvalue weighted by atomic mass is 10.2. The van der Waals surface area contributed by atoms with E-state index >= 15 is 0 Å². The first-order chi connectivity index (χ1) is 6.79. The maximum absolute atomic E-state index is 5.10. The number of ether oxygens (including phenoxy) is 1. The number of hydrogen-bond donors (Lipinski definition) is 0. The molecule has 0 aliphatic heterocycles. The lowest BCUT2D eigenvalue weighted by Gasteiger charge is -2.00. The normalized spacial score (nSPS) is 10.1. The molecule has 0 saturated carbocycles. The van der Waals surface area contributed by atoms with Gasteiger partial charge in [0.2, 0.25) is 0 Å². The zero-order valence-corrected chi connectivity index (χ0v) is 8.80. The van der Waals surface area contributed by atoms with Crippen molar-refractivity contribution in [3.05, 3.63) is 48.2 Å². The highest BCUT2D eigenvalue weighted by Gasteiger charge is 2.00. The summed E-state index contributed by atoms with van der Waals surface area (Å²) in [4.78, 5) is 2.34. The molecule has 0 aliphatic rings. The van der Waals surface area contributed by atoms with Gasteiger partial charge >= 0.3 is 0 Å². The Morgan fingerprint density at radius 2 is 1.79 bits per heavy atom.